The van der Waals surface area contributed by atoms with Crippen LogP contribution >= 0.6 is 0 Å². The van der Waals surface area contributed by atoms with Gasteiger partial charge in [-0.15, -0.1) is 0 Å². The van der Waals surface area contributed by atoms with Gasteiger partial charge in [0.25, 0.3) is 0 Å². The standard InChI is InChI=1S/3C6H5.C2H3O.Pb/c3*1-2-4-6-5-3-1;1-2-3;/h3*1-5H;1H3;. The van der Waals surface area contributed by atoms with Gasteiger partial charge < -0.3 is 0 Å². The predicted octanol–water partition coefficient (Wildman–Crippen LogP) is 2.29. The van der Waals surface area contributed by atoms with E-state index in [-0.39, 0.29) is 0 Å². The third-order valence-corrected chi connectivity index (χ3v) is 22.2. The Balaban J connectivity index is 2.37. The Labute approximate surface area is 136 Å². The summed E-state index contributed by atoms with van der Waals surface area (Å²) in [7, 11) is 0. The molecule has 0 amide bonds. The normalized spacial score (nSPS) is 11.1. The van der Waals surface area contributed by atoms with E-state index in [9.17, 15) is 4.79 Å². The molecule has 3 rings (SSSR count). The van der Waals surface area contributed by atoms with Crippen molar-refractivity contribution in [1.82, 2.24) is 0 Å². The zero-order valence-corrected chi connectivity index (χ0v) is 16.5. The second-order valence-electron chi connectivity index (χ2n) is 5.40. The Morgan fingerprint density at radius 3 is 1.09 bits per heavy atom. The first-order chi connectivity index (χ1) is 10.8. The van der Waals surface area contributed by atoms with Gasteiger partial charge >= 0.3 is 137 Å². The number of rotatable bonds is 4. The summed E-state index contributed by atoms with van der Waals surface area (Å²) >= 11 is -3.77. The van der Waals surface area contributed by atoms with E-state index < -0.39 is 21.2 Å². The van der Waals surface area contributed by atoms with Crippen molar-refractivity contribution in [1.29, 1.82) is 0 Å². The van der Waals surface area contributed by atoms with Crippen molar-refractivity contribution in [2.24, 2.45) is 0 Å². The van der Waals surface area contributed by atoms with Crippen LogP contribution < -0.4 is 9.37 Å². The Bertz CT molecular complexity index is 655. The summed E-state index contributed by atoms with van der Waals surface area (Å²) in [6.45, 7) is 1.77. The van der Waals surface area contributed by atoms with E-state index in [0.717, 1.165) is 0 Å². The summed E-state index contributed by atoms with van der Waals surface area (Å²) in [5.41, 5.74) is 0. The molecule has 22 heavy (non-hydrogen) atoms. The van der Waals surface area contributed by atoms with Crippen LogP contribution in [0.15, 0.2) is 91.0 Å². The second kappa shape index (κ2) is 6.57. The molecule has 0 aromatic heterocycles. The van der Waals surface area contributed by atoms with Gasteiger partial charge in [-0.05, 0) is 0 Å². The molecule has 0 unspecified atom stereocenters. The van der Waals surface area contributed by atoms with Crippen LogP contribution in [-0.2, 0) is 4.79 Å². The molecular weight excluding hydrogens is 463 g/mol. The van der Waals surface area contributed by atoms with Gasteiger partial charge in [-0.3, -0.25) is 0 Å². The number of hydrogen-bond acceptors (Lipinski definition) is 1. The van der Waals surface area contributed by atoms with Crippen LogP contribution in [0.3, 0.4) is 0 Å². The van der Waals surface area contributed by atoms with Crippen molar-refractivity contribution >= 4 is 33.9 Å². The molecule has 2 heteroatoms. The molecule has 0 aliphatic rings. The van der Waals surface area contributed by atoms with E-state index in [1.807, 2.05) is 54.6 Å². The van der Waals surface area contributed by atoms with Crippen molar-refractivity contribution < 1.29 is 4.79 Å². The maximum atomic E-state index is 13.0. The molecule has 3 aromatic rings. The molecule has 0 radical (unpaired) electrons. The van der Waals surface area contributed by atoms with Crippen LogP contribution in [0, 0.1) is 0 Å². The molecule has 1 nitrogen and oxygen atoms in total. The van der Waals surface area contributed by atoms with E-state index in [1.165, 1.54) is 9.37 Å². The van der Waals surface area contributed by atoms with Crippen molar-refractivity contribution in [3.63, 3.8) is 0 Å². The van der Waals surface area contributed by atoms with Gasteiger partial charge in [-0.1, -0.05) is 0 Å². The average Bonchev–Trinajstić information content (AvgIpc) is 2.58. The Kier molecular flexibility index (Phi) is 4.52. The molecule has 3 aromatic carbocycles. The minimum atomic E-state index is -3.77. The van der Waals surface area contributed by atoms with Gasteiger partial charge in [0, 0.05) is 0 Å². The summed E-state index contributed by atoms with van der Waals surface area (Å²) in [5, 5.41) is 0. The quantitative estimate of drug-likeness (QED) is 0.523. The van der Waals surface area contributed by atoms with Crippen LogP contribution in [0.1, 0.15) is 6.92 Å². The van der Waals surface area contributed by atoms with E-state index in [2.05, 4.69) is 36.4 Å². The fourth-order valence-electron chi connectivity index (χ4n) is 3.17. The average molecular weight is 482 g/mol. The van der Waals surface area contributed by atoms with Gasteiger partial charge in [0.05, 0.1) is 0 Å². The molecule has 0 bridgehead atoms. The van der Waals surface area contributed by atoms with Crippen molar-refractivity contribution in [3.05, 3.63) is 91.0 Å². The first-order valence-corrected chi connectivity index (χ1v) is 15.2. The first kappa shape index (κ1) is 15.2. The zero-order valence-electron chi connectivity index (χ0n) is 12.6. The molecule has 0 saturated carbocycles. The van der Waals surface area contributed by atoms with Crippen molar-refractivity contribution in [2.75, 3.05) is 0 Å². The molecule has 0 aliphatic carbocycles. The summed E-state index contributed by atoms with van der Waals surface area (Å²) < 4.78 is 4.01. The zero-order chi connectivity index (χ0) is 15.4. The summed E-state index contributed by atoms with van der Waals surface area (Å²) in [5.74, 6) is 0. The molecular formula is C20H18OPb. The molecule has 0 spiro atoms. The SMILES string of the molecule is C[C](=O)[Pb]([c]1ccccc1)([c]1ccccc1)[c]1ccccc1. The van der Waals surface area contributed by atoms with E-state index in [0.29, 0.717) is 3.34 Å². The number of benzene rings is 3. The molecule has 0 aliphatic heterocycles. The maximum absolute atomic E-state index is 13.0. The monoisotopic (exact) mass is 482 g/mol. The third kappa shape index (κ3) is 2.54. The molecule has 0 atom stereocenters. The van der Waals surface area contributed by atoms with Crippen molar-refractivity contribution in [3.8, 4) is 0 Å². The summed E-state index contributed by atoms with van der Waals surface area (Å²) in [6, 6.07) is 31.0. The van der Waals surface area contributed by atoms with Crippen LogP contribution in [-0.4, -0.2) is 24.5 Å². The van der Waals surface area contributed by atoms with Gasteiger partial charge in [0.15, 0.2) is 0 Å². The van der Waals surface area contributed by atoms with Crippen molar-refractivity contribution in [2.45, 2.75) is 6.92 Å². The summed E-state index contributed by atoms with van der Waals surface area (Å²) in [6.07, 6.45) is 0. The number of carbonyl (C=O) groups is 1. The molecule has 0 heterocycles. The van der Waals surface area contributed by atoms with Crippen LogP contribution in [0.2, 0.25) is 0 Å². The first-order valence-electron chi connectivity index (χ1n) is 7.44. The van der Waals surface area contributed by atoms with Crippen LogP contribution in [0.5, 0.6) is 0 Å². The molecule has 0 saturated heterocycles. The number of carbonyl (C=O) groups excluding carboxylic acids is 1. The fourth-order valence-corrected chi connectivity index (χ4v) is 19.9. The fraction of sp³-hybridized carbons (Fsp3) is 0.0500. The van der Waals surface area contributed by atoms with Crippen LogP contribution in [0.25, 0.3) is 0 Å². The number of hydrogen-bond donors (Lipinski definition) is 0. The molecule has 0 fully saturated rings. The van der Waals surface area contributed by atoms with E-state index in [4.69, 9.17) is 0 Å². The molecule has 0 N–H and O–H groups in total. The van der Waals surface area contributed by atoms with Gasteiger partial charge in [-0.25, -0.2) is 0 Å². The Hall–Kier alpha value is -1.75. The topological polar surface area (TPSA) is 17.1 Å². The predicted molar refractivity (Wildman–Crippen MR) is 94.7 cm³/mol. The summed E-state index contributed by atoms with van der Waals surface area (Å²) in [4.78, 5) is 13.0. The van der Waals surface area contributed by atoms with Gasteiger partial charge in [-0.2, -0.15) is 0 Å². The van der Waals surface area contributed by atoms with E-state index in [1.54, 1.807) is 6.92 Å². The van der Waals surface area contributed by atoms with Crippen LogP contribution in [0.4, 0.5) is 0 Å². The molecule has 108 valence electrons. The van der Waals surface area contributed by atoms with Gasteiger partial charge in [0.2, 0.25) is 0 Å². The van der Waals surface area contributed by atoms with Gasteiger partial charge in [0.1, 0.15) is 0 Å². The minimum absolute atomic E-state index is 0.344. The second-order valence-corrected chi connectivity index (χ2v) is 20.7. The Morgan fingerprint density at radius 2 is 0.864 bits per heavy atom. The van der Waals surface area contributed by atoms with E-state index >= 15 is 0 Å². The third-order valence-electron chi connectivity index (χ3n) is 4.15. The Morgan fingerprint density at radius 1 is 0.591 bits per heavy atom.